The Labute approximate surface area is 160 Å². The zero-order valence-corrected chi connectivity index (χ0v) is 16.2. The van der Waals surface area contributed by atoms with Gasteiger partial charge in [0.05, 0.1) is 4.90 Å². The van der Waals surface area contributed by atoms with Crippen LogP contribution in [0.3, 0.4) is 0 Å². The lowest BCUT2D eigenvalue weighted by atomic mass is 10.0. The number of hydrogen-bond donors (Lipinski definition) is 1. The number of hydrogen-bond acceptors (Lipinski definition) is 4. The molecule has 2 aromatic carbocycles. The van der Waals surface area contributed by atoms with E-state index in [1.165, 1.54) is 12.1 Å². The lowest BCUT2D eigenvalue weighted by molar-refractivity contribution is -0.111. The van der Waals surface area contributed by atoms with Gasteiger partial charge in [0.25, 0.3) is 0 Å². The molecule has 0 radical (unpaired) electrons. The van der Waals surface area contributed by atoms with E-state index < -0.39 is 10.0 Å². The lowest BCUT2D eigenvalue weighted by Gasteiger charge is -2.11. The third-order valence-electron chi connectivity index (χ3n) is 4.47. The van der Waals surface area contributed by atoms with Gasteiger partial charge in [0.2, 0.25) is 10.0 Å². The first kappa shape index (κ1) is 21.0. The van der Waals surface area contributed by atoms with Crippen molar-refractivity contribution in [1.29, 1.82) is 0 Å². The van der Waals surface area contributed by atoms with Gasteiger partial charge in [-0.1, -0.05) is 55.8 Å². The molecule has 0 aromatic heterocycles. The topological polar surface area (TPSA) is 80.3 Å². The van der Waals surface area contributed by atoms with Crippen LogP contribution in [0.1, 0.15) is 48.5 Å². The number of rotatable bonds is 11. The van der Waals surface area contributed by atoms with E-state index in [4.69, 9.17) is 0 Å². The first-order chi connectivity index (χ1) is 13.0. The summed E-state index contributed by atoms with van der Waals surface area (Å²) in [5.41, 5.74) is 0.600. The van der Waals surface area contributed by atoms with Gasteiger partial charge in [0, 0.05) is 23.6 Å². The van der Waals surface area contributed by atoms with Crippen molar-refractivity contribution in [2.24, 2.45) is 5.92 Å². The van der Waals surface area contributed by atoms with E-state index in [-0.39, 0.29) is 28.7 Å². The standard InChI is InChI=1S/C21H25NO4S/c1-2-17(16-23)10-8-9-15-22-27(25,26)20-14-7-6-13-19(20)21(24)18-11-4-3-5-12-18/h3-7,11-14,16-17,22H,2,8-10,15H2,1H3. The molecular formula is C21H25NO4S. The van der Waals surface area contributed by atoms with Crippen LogP contribution in [-0.2, 0) is 14.8 Å². The molecule has 0 aliphatic carbocycles. The highest BCUT2D eigenvalue weighted by Gasteiger charge is 2.22. The first-order valence-electron chi connectivity index (χ1n) is 9.13. The zero-order valence-electron chi connectivity index (χ0n) is 15.4. The minimum atomic E-state index is -3.80. The Morgan fingerprint density at radius 1 is 1.04 bits per heavy atom. The van der Waals surface area contributed by atoms with Gasteiger partial charge in [-0.3, -0.25) is 4.79 Å². The fraction of sp³-hybridized carbons (Fsp3) is 0.333. The molecule has 0 spiro atoms. The van der Waals surface area contributed by atoms with Crippen LogP contribution in [0.2, 0.25) is 0 Å². The molecule has 0 fully saturated rings. The van der Waals surface area contributed by atoms with Crippen molar-refractivity contribution in [3.8, 4) is 0 Å². The number of aldehydes is 1. The number of ketones is 1. The minimum absolute atomic E-state index is 0.0156. The van der Waals surface area contributed by atoms with Gasteiger partial charge in [0.1, 0.15) is 6.29 Å². The Kier molecular flexibility index (Phi) is 7.88. The molecule has 0 saturated heterocycles. The van der Waals surface area contributed by atoms with Gasteiger partial charge in [-0.25, -0.2) is 13.1 Å². The van der Waals surface area contributed by atoms with Crippen molar-refractivity contribution in [1.82, 2.24) is 4.72 Å². The maximum atomic E-state index is 12.7. The summed E-state index contributed by atoms with van der Waals surface area (Å²) in [7, 11) is -3.80. The Bertz CT molecular complexity index is 863. The summed E-state index contributed by atoms with van der Waals surface area (Å²) in [6.07, 6.45) is 3.91. The maximum Gasteiger partial charge on any atom is 0.241 e. The molecule has 1 unspecified atom stereocenters. The van der Waals surface area contributed by atoms with E-state index in [0.29, 0.717) is 12.0 Å². The summed E-state index contributed by atoms with van der Waals surface area (Å²) in [5, 5.41) is 0. The van der Waals surface area contributed by atoms with Crippen molar-refractivity contribution in [2.75, 3.05) is 6.54 Å². The van der Waals surface area contributed by atoms with Gasteiger partial charge in [-0.05, 0) is 31.4 Å². The van der Waals surface area contributed by atoms with E-state index >= 15 is 0 Å². The minimum Gasteiger partial charge on any atom is -0.303 e. The maximum absolute atomic E-state index is 12.7. The highest BCUT2D eigenvalue weighted by atomic mass is 32.2. The van der Waals surface area contributed by atoms with Gasteiger partial charge >= 0.3 is 0 Å². The summed E-state index contributed by atoms with van der Waals surface area (Å²) in [4.78, 5) is 23.5. The van der Waals surface area contributed by atoms with Gasteiger partial charge in [-0.15, -0.1) is 0 Å². The number of unbranched alkanes of at least 4 members (excludes halogenated alkanes) is 1. The van der Waals surface area contributed by atoms with Crippen LogP contribution in [0.5, 0.6) is 0 Å². The quantitative estimate of drug-likeness (QED) is 0.363. The summed E-state index contributed by atoms with van der Waals surface area (Å²) in [6, 6.07) is 14.8. The highest BCUT2D eigenvalue weighted by molar-refractivity contribution is 7.89. The predicted octanol–water partition coefficient (Wildman–Crippen LogP) is 3.59. The normalized spacial score (nSPS) is 12.5. The van der Waals surface area contributed by atoms with Crippen molar-refractivity contribution in [2.45, 2.75) is 37.5 Å². The first-order valence-corrected chi connectivity index (χ1v) is 10.6. The van der Waals surface area contributed by atoms with E-state index in [1.807, 2.05) is 6.92 Å². The molecule has 144 valence electrons. The number of sulfonamides is 1. The van der Waals surface area contributed by atoms with Crippen LogP contribution in [0, 0.1) is 5.92 Å². The number of carbonyl (C=O) groups excluding carboxylic acids is 2. The van der Waals surface area contributed by atoms with Gasteiger partial charge in [0.15, 0.2) is 5.78 Å². The Morgan fingerprint density at radius 3 is 2.37 bits per heavy atom. The molecule has 1 N–H and O–H groups in total. The second kappa shape index (κ2) is 10.1. The zero-order chi connectivity index (χ0) is 19.7. The van der Waals surface area contributed by atoms with Crippen LogP contribution in [0.25, 0.3) is 0 Å². The van der Waals surface area contributed by atoms with E-state index in [9.17, 15) is 18.0 Å². The summed E-state index contributed by atoms with van der Waals surface area (Å²) in [6.45, 7) is 2.23. The molecule has 0 bridgehead atoms. The van der Waals surface area contributed by atoms with E-state index in [1.54, 1.807) is 42.5 Å². The Hall–Kier alpha value is -2.31. The third-order valence-corrected chi connectivity index (χ3v) is 5.99. The fourth-order valence-electron chi connectivity index (χ4n) is 2.82. The fourth-order valence-corrected chi connectivity index (χ4v) is 4.09. The van der Waals surface area contributed by atoms with Crippen molar-refractivity contribution in [3.63, 3.8) is 0 Å². The molecule has 5 nitrogen and oxygen atoms in total. The summed E-state index contributed by atoms with van der Waals surface area (Å²) in [5.74, 6) is -0.292. The van der Waals surface area contributed by atoms with E-state index in [0.717, 1.165) is 25.5 Å². The second-order valence-corrected chi connectivity index (χ2v) is 8.12. The SMILES string of the molecule is CCC(C=O)CCCCNS(=O)(=O)c1ccccc1C(=O)c1ccccc1. The van der Waals surface area contributed by atoms with Crippen molar-refractivity contribution >= 4 is 22.1 Å². The van der Waals surface area contributed by atoms with Crippen LogP contribution in [0.4, 0.5) is 0 Å². The molecule has 27 heavy (non-hydrogen) atoms. The van der Waals surface area contributed by atoms with Crippen LogP contribution >= 0.6 is 0 Å². The molecule has 0 aliphatic rings. The Morgan fingerprint density at radius 2 is 1.70 bits per heavy atom. The van der Waals surface area contributed by atoms with Crippen molar-refractivity contribution < 1.29 is 18.0 Å². The smallest absolute Gasteiger partial charge is 0.241 e. The molecule has 2 aromatic rings. The van der Waals surface area contributed by atoms with Crippen LogP contribution in [-0.4, -0.2) is 27.0 Å². The van der Waals surface area contributed by atoms with Crippen LogP contribution < -0.4 is 4.72 Å². The number of carbonyl (C=O) groups is 2. The second-order valence-electron chi connectivity index (χ2n) is 6.39. The molecular weight excluding hydrogens is 362 g/mol. The molecule has 0 heterocycles. The molecule has 0 saturated carbocycles. The largest absolute Gasteiger partial charge is 0.303 e. The average Bonchev–Trinajstić information content (AvgIpc) is 2.71. The molecule has 0 aliphatic heterocycles. The summed E-state index contributed by atoms with van der Waals surface area (Å²) >= 11 is 0. The monoisotopic (exact) mass is 387 g/mol. The van der Waals surface area contributed by atoms with E-state index in [2.05, 4.69) is 4.72 Å². The molecule has 1 atom stereocenters. The Balaban J connectivity index is 2.06. The van der Waals surface area contributed by atoms with Gasteiger partial charge in [-0.2, -0.15) is 0 Å². The van der Waals surface area contributed by atoms with Crippen molar-refractivity contribution in [3.05, 3.63) is 65.7 Å². The molecule has 2 rings (SSSR count). The molecule has 6 heteroatoms. The average molecular weight is 388 g/mol. The molecule has 0 amide bonds. The highest BCUT2D eigenvalue weighted by Crippen LogP contribution is 2.19. The summed E-state index contributed by atoms with van der Waals surface area (Å²) < 4.78 is 27.9. The predicted molar refractivity (Wildman–Crippen MR) is 105 cm³/mol. The lowest BCUT2D eigenvalue weighted by Crippen LogP contribution is -2.26. The van der Waals surface area contributed by atoms with Gasteiger partial charge < -0.3 is 4.79 Å². The number of benzene rings is 2. The number of nitrogens with one attached hydrogen (secondary N) is 1. The third kappa shape index (κ3) is 5.84. The van der Waals surface area contributed by atoms with Crippen LogP contribution in [0.15, 0.2) is 59.5 Å².